The molecule has 0 amide bonds. The van der Waals surface area contributed by atoms with E-state index in [0.29, 0.717) is 5.54 Å². The summed E-state index contributed by atoms with van der Waals surface area (Å²) in [6.07, 6.45) is 6.83. The third-order valence-electron chi connectivity index (χ3n) is 5.09. The lowest BCUT2D eigenvalue weighted by Crippen LogP contribution is -2.52. The van der Waals surface area contributed by atoms with E-state index in [4.69, 9.17) is 0 Å². The van der Waals surface area contributed by atoms with E-state index in [2.05, 4.69) is 56.4 Å². The van der Waals surface area contributed by atoms with Crippen LogP contribution in [0.15, 0.2) is 18.2 Å². The predicted molar refractivity (Wildman–Crippen MR) is 87.1 cm³/mol. The Morgan fingerprint density at radius 3 is 2.35 bits per heavy atom. The Labute approximate surface area is 124 Å². The highest BCUT2D eigenvalue weighted by Gasteiger charge is 2.33. The molecule has 0 aliphatic heterocycles. The molecule has 0 spiro atoms. The van der Waals surface area contributed by atoms with Gasteiger partial charge in [0.05, 0.1) is 0 Å². The highest BCUT2D eigenvalue weighted by atomic mass is 15.2. The summed E-state index contributed by atoms with van der Waals surface area (Å²) in [5.74, 6) is 0. The predicted octanol–water partition coefficient (Wildman–Crippen LogP) is 3.66. The van der Waals surface area contributed by atoms with E-state index in [1.165, 1.54) is 48.8 Å². The molecular weight excluding hydrogens is 244 g/mol. The van der Waals surface area contributed by atoms with Crippen LogP contribution in [0.5, 0.6) is 0 Å². The van der Waals surface area contributed by atoms with Crippen molar-refractivity contribution in [3.8, 4) is 0 Å². The number of nitrogens with zero attached hydrogens (tertiary/aromatic N) is 1. The zero-order valence-electron chi connectivity index (χ0n) is 13.6. The summed E-state index contributed by atoms with van der Waals surface area (Å²) in [5, 5.41) is 3.70. The number of rotatable bonds is 5. The smallest absolute Gasteiger partial charge is 0.0328 e. The molecule has 2 rings (SSSR count). The first-order valence-corrected chi connectivity index (χ1v) is 7.98. The molecular formula is C18H30N2. The van der Waals surface area contributed by atoms with Crippen LogP contribution in [0.2, 0.25) is 0 Å². The average molecular weight is 274 g/mol. The van der Waals surface area contributed by atoms with Crippen LogP contribution in [-0.2, 0) is 6.54 Å². The van der Waals surface area contributed by atoms with Crippen molar-refractivity contribution in [2.24, 2.45) is 0 Å². The van der Waals surface area contributed by atoms with Crippen LogP contribution in [0.4, 0.5) is 0 Å². The van der Waals surface area contributed by atoms with Crippen molar-refractivity contribution in [1.82, 2.24) is 10.2 Å². The Morgan fingerprint density at radius 1 is 1.05 bits per heavy atom. The van der Waals surface area contributed by atoms with E-state index >= 15 is 0 Å². The van der Waals surface area contributed by atoms with Crippen molar-refractivity contribution in [2.75, 3.05) is 20.6 Å². The Balaban J connectivity index is 1.91. The van der Waals surface area contributed by atoms with Gasteiger partial charge in [-0.3, -0.25) is 0 Å². The van der Waals surface area contributed by atoms with Gasteiger partial charge in [0.15, 0.2) is 0 Å². The average Bonchev–Trinajstić information content (AvgIpc) is 2.44. The molecule has 2 nitrogen and oxygen atoms in total. The maximum atomic E-state index is 3.70. The minimum Gasteiger partial charge on any atom is -0.311 e. The van der Waals surface area contributed by atoms with Crippen LogP contribution in [0, 0.1) is 13.8 Å². The molecule has 0 radical (unpaired) electrons. The number of benzene rings is 1. The largest absolute Gasteiger partial charge is 0.311 e. The molecule has 1 aromatic carbocycles. The van der Waals surface area contributed by atoms with E-state index in [0.717, 1.165) is 13.1 Å². The summed E-state index contributed by atoms with van der Waals surface area (Å²) in [7, 11) is 4.48. The van der Waals surface area contributed by atoms with Gasteiger partial charge < -0.3 is 10.2 Å². The van der Waals surface area contributed by atoms with Crippen LogP contribution in [0.25, 0.3) is 0 Å². The summed E-state index contributed by atoms with van der Waals surface area (Å²) in [4.78, 5) is 2.44. The molecule has 0 saturated heterocycles. The fraction of sp³-hybridized carbons (Fsp3) is 0.667. The fourth-order valence-electron chi connectivity index (χ4n) is 3.34. The lowest BCUT2D eigenvalue weighted by Gasteiger charge is -2.43. The molecule has 20 heavy (non-hydrogen) atoms. The quantitative estimate of drug-likeness (QED) is 0.881. The number of likely N-dealkylation sites (N-methyl/N-ethyl adjacent to an activating group) is 1. The molecule has 0 aromatic heterocycles. The van der Waals surface area contributed by atoms with E-state index in [1.54, 1.807) is 0 Å². The first-order chi connectivity index (χ1) is 9.53. The molecule has 1 aliphatic carbocycles. The number of nitrogens with one attached hydrogen (secondary N) is 1. The van der Waals surface area contributed by atoms with Crippen LogP contribution in [0.1, 0.15) is 48.8 Å². The van der Waals surface area contributed by atoms with Crippen molar-refractivity contribution in [3.63, 3.8) is 0 Å². The summed E-state index contributed by atoms with van der Waals surface area (Å²) < 4.78 is 0. The first-order valence-electron chi connectivity index (χ1n) is 7.98. The summed E-state index contributed by atoms with van der Waals surface area (Å²) >= 11 is 0. The minimum absolute atomic E-state index is 0.373. The molecule has 1 saturated carbocycles. The lowest BCUT2D eigenvalue weighted by atomic mass is 9.80. The Kier molecular flexibility index (Phi) is 5.22. The molecule has 2 heteroatoms. The van der Waals surface area contributed by atoms with Gasteiger partial charge in [0.1, 0.15) is 0 Å². The topological polar surface area (TPSA) is 15.3 Å². The van der Waals surface area contributed by atoms with Crippen LogP contribution in [0.3, 0.4) is 0 Å². The zero-order chi connectivity index (χ0) is 14.6. The van der Waals surface area contributed by atoms with Gasteiger partial charge in [-0.1, -0.05) is 37.5 Å². The standard InChI is InChI=1S/C18H30N2/c1-15-8-9-17(12-16(15)2)13-19-14-18(20(3)4)10-6-5-7-11-18/h8-9,12,19H,5-7,10-11,13-14H2,1-4H3. The van der Waals surface area contributed by atoms with Gasteiger partial charge in [0, 0.05) is 18.6 Å². The maximum absolute atomic E-state index is 3.70. The van der Waals surface area contributed by atoms with Gasteiger partial charge in [-0.15, -0.1) is 0 Å². The van der Waals surface area contributed by atoms with Crippen molar-refractivity contribution in [2.45, 2.75) is 58.0 Å². The van der Waals surface area contributed by atoms with Gasteiger partial charge in [0.2, 0.25) is 0 Å². The lowest BCUT2D eigenvalue weighted by molar-refractivity contribution is 0.0984. The highest BCUT2D eigenvalue weighted by molar-refractivity contribution is 5.29. The SMILES string of the molecule is Cc1ccc(CNCC2(N(C)C)CCCCC2)cc1C. The first kappa shape index (κ1) is 15.5. The molecule has 1 fully saturated rings. The molecule has 0 heterocycles. The van der Waals surface area contributed by atoms with E-state index < -0.39 is 0 Å². The number of aryl methyl sites for hydroxylation is 2. The molecule has 0 atom stereocenters. The maximum Gasteiger partial charge on any atom is 0.0328 e. The van der Waals surface area contributed by atoms with Crippen molar-refractivity contribution in [3.05, 3.63) is 34.9 Å². The molecule has 1 aliphatic rings. The summed E-state index contributed by atoms with van der Waals surface area (Å²) in [6.45, 7) is 6.46. The van der Waals surface area contributed by atoms with Gasteiger partial charge in [0.25, 0.3) is 0 Å². The Bertz CT molecular complexity index is 431. The van der Waals surface area contributed by atoms with Crippen LogP contribution in [-0.4, -0.2) is 31.1 Å². The minimum atomic E-state index is 0.373. The molecule has 112 valence electrons. The van der Waals surface area contributed by atoms with Crippen LogP contribution >= 0.6 is 0 Å². The summed E-state index contributed by atoms with van der Waals surface area (Å²) in [5.41, 5.74) is 4.55. The fourth-order valence-corrected chi connectivity index (χ4v) is 3.34. The second-order valence-electron chi connectivity index (χ2n) is 6.70. The van der Waals surface area contributed by atoms with E-state index in [-0.39, 0.29) is 0 Å². The Hall–Kier alpha value is -0.860. The molecule has 0 unspecified atom stereocenters. The summed E-state index contributed by atoms with van der Waals surface area (Å²) in [6, 6.07) is 6.79. The van der Waals surface area contributed by atoms with E-state index in [1.807, 2.05) is 0 Å². The van der Waals surface area contributed by atoms with Crippen LogP contribution < -0.4 is 5.32 Å². The molecule has 1 N–H and O–H groups in total. The number of hydrogen-bond acceptors (Lipinski definition) is 2. The third kappa shape index (κ3) is 3.62. The van der Waals surface area contributed by atoms with E-state index in [9.17, 15) is 0 Å². The van der Waals surface area contributed by atoms with Gasteiger partial charge >= 0.3 is 0 Å². The normalized spacial score (nSPS) is 18.4. The molecule has 1 aromatic rings. The van der Waals surface area contributed by atoms with Crippen molar-refractivity contribution < 1.29 is 0 Å². The second-order valence-corrected chi connectivity index (χ2v) is 6.70. The van der Waals surface area contributed by atoms with Gasteiger partial charge in [-0.25, -0.2) is 0 Å². The van der Waals surface area contributed by atoms with Gasteiger partial charge in [-0.2, -0.15) is 0 Å². The number of hydrogen-bond donors (Lipinski definition) is 1. The van der Waals surface area contributed by atoms with Crippen molar-refractivity contribution >= 4 is 0 Å². The highest BCUT2D eigenvalue weighted by Crippen LogP contribution is 2.31. The Morgan fingerprint density at radius 2 is 1.75 bits per heavy atom. The second kappa shape index (κ2) is 6.73. The van der Waals surface area contributed by atoms with Gasteiger partial charge in [-0.05, 0) is 57.5 Å². The monoisotopic (exact) mass is 274 g/mol. The third-order valence-corrected chi connectivity index (χ3v) is 5.09. The van der Waals surface area contributed by atoms with Crippen molar-refractivity contribution in [1.29, 1.82) is 0 Å². The molecule has 0 bridgehead atoms. The zero-order valence-corrected chi connectivity index (χ0v) is 13.6.